The molecule has 1 rings (SSSR count). The molecule has 1 unspecified atom stereocenters. The first-order valence-corrected chi connectivity index (χ1v) is 7.04. The van der Waals surface area contributed by atoms with Crippen molar-refractivity contribution in [3.05, 3.63) is 17.0 Å². The van der Waals surface area contributed by atoms with Crippen LogP contribution in [0.2, 0.25) is 5.28 Å². The Bertz CT molecular complexity index is 346. The average molecular weight is 260 g/mol. The maximum Gasteiger partial charge on any atom is 0.224 e. The largest absolute Gasteiger partial charge is 0.357 e. The summed E-state index contributed by atoms with van der Waals surface area (Å²) in [6.07, 6.45) is 5.03. The summed E-state index contributed by atoms with van der Waals surface area (Å²) in [6, 6.07) is 0.456. The summed E-state index contributed by atoms with van der Waals surface area (Å²) < 4.78 is 0. The van der Waals surface area contributed by atoms with Gasteiger partial charge >= 0.3 is 0 Å². The van der Waals surface area contributed by atoms with E-state index in [0.717, 1.165) is 23.6 Å². The monoisotopic (exact) mass is 259 g/mol. The fraction of sp³-hybridized carbons (Fsp3) is 0.636. The number of anilines is 1. The first-order valence-electron chi connectivity index (χ1n) is 5.27. The Balaban J connectivity index is 2.78. The van der Waals surface area contributed by atoms with Gasteiger partial charge in [-0.3, -0.25) is 0 Å². The van der Waals surface area contributed by atoms with E-state index in [1.54, 1.807) is 6.20 Å². The highest BCUT2D eigenvalue weighted by molar-refractivity contribution is 7.98. The van der Waals surface area contributed by atoms with Crippen molar-refractivity contribution in [2.45, 2.75) is 26.3 Å². The minimum atomic E-state index is 0.310. The Morgan fingerprint density at radius 3 is 2.88 bits per heavy atom. The van der Waals surface area contributed by atoms with E-state index >= 15 is 0 Å². The van der Waals surface area contributed by atoms with E-state index in [1.807, 2.05) is 18.7 Å². The zero-order valence-corrected chi connectivity index (χ0v) is 11.8. The van der Waals surface area contributed by atoms with E-state index in [0.29, 0.717) is 11.3 Å². The third kappa shape index (κ3) is 3.52. The number of halogens is 1. The van der Waals surface area contributed by atoms with Gasteiger partial charge in [-0.15, -0.1) is 0 Å². The summed E-state index contributed by atoms with van der Waals surface area (Å²) >= 11 is 7.68. The van der Waals surface area contributed by atoms with Gasteiger partial charge < -0.3 is 4.90 Å². The molecule has 5 heteroatoms. The fourth-order valence-corrected chi connectivity index (χ4v) is 2.17. The van der Waals surface area contributed by atoms with Crippen LogP contribution >= 0.6 is 23.4 Å². The molecule has 0 spiro atoms. The van der Waals surface area contributed by atoms with Crippen LogP contribution in [0.25, 0.3) is 0 Å². The van der Waals surface area contributed by atoms with Gasteiger partial charge in [-0.25, -0.2) is 9.97 Å². The van der Waals surface area contributed by atoms with Crippen molar-refractivity contribution in [1.29, 1.82) is 0 Å². The van der Waals surface area contributed by atoms with Crippen molar-refractivity contribution in [2.24, 2.45) is 0 Å². The summed E-state index contributed by atoms with van der Waals surface area (Å²) in [5.41, 5.74) is 1.06. The van der Waals surface area contributed by atoms with Gasteiger partial charge in [-0.05, 0) is 43.9 Å². The highest BCUT2D eigenvalue weighted by Crippen LogP contribution is 2.20. The Kier molecular flexibility index (Phi) is 5.35. The highest BCUT2D eigenvalue weighted by atomic mass is 35.5. The lowest BCUT2D eigenvalue weighted by atomic mass is 10.2. The SMILES string of the molecule is CSCCC(C)N(C)c1nc(Cl)ncc1C. The molecule has 0 fully saturated rings. The van der Waals surface area contributed by atoms with Crippen molar-refractivity contribution >= 4 is 29.2 Å². The van der Waals surface area contributed by atoms with Gasteiger partial charge in [0.1, 0.15) is 5.82 Å². The molecule has 90 valence electrons. The molecule has 0 saturated carbocycles. The van der Waals surface area contributed by atoms with Crippen LogP contribution in [0, 0.1) is 6.92 Å². The molecule has 0 radical (unpaired) electrons. The number of rotatable bonds is 5. The van der Waals surface area contributed by atoms with Crippen LogP contribution in [0.4, 0.5) is 5.82 Å². The summed E-state index contributed by atoms with van der Waals surface area (Å²) in [5.74, 6) is 2.08. The maximum atomic E-state index is 5.82. The predicted octanol–water partition coefficient (Wildman–Crippen LogP) is 3.02. The molecule has 0 aliphatic heterocycles. The Morgan fingerprint density at radius 2 is 2.25 bits per heavy atom. The van der Waals surface area contributed by atoms with Crippen molar-refractivity contribution in [3.8, 4) is 0 Å². The topological polar surface area (TPSA) is 29.0 Å². The van der Waals surface area contributed by atoms with Gasteiger partial charge in [0.2, 0.25) is 5.28 Å². The molecule has 1 heterocycles. The fourth-order valence-electron chi connectivity index (χ4n) is 1.46. The van der Waals surface area contributed by atoms with E-state index in [-0.39, 0.29) is 0 Å². The van der Waals surface area contributed by atoms with Gasteiger partial charge in [0.25, 0.3) is 0 Å². The van der Waals surface area contributed by atoms with E-state index in [2.05, 4.69) is 35.1 Å². The van der Waals surface area contributed by atoms with E-state index in [1.165, 1.54) is 0 Å². The molecule has 1 atom stereocenters. The lowest BCUT2D eigenvalue weighted by molar-refractivity contribution is 0.659. The van der Waals surface area contributed by atoms with E-state index in [4.69, 9.17) is 11.6 Å². The van der Waals surface area contributed by atoms with Crippen molar-refractivity contribution < 1.29 is 0 Å². The summed E-state index contributed by atoms with van der Waals surface area (Å²) in [4.78, 5) is 10.4. The normalized spacial score (nSPS) is 12.6. The standard InChI is InChI=1S/C11H18ClN3S/c1-8-7-13-11(12)14-10(8)15(3)9(2)5-6-16-4/h7,9H,5-6H2,1-4H3. The Morgan fingerprint density at radius 1 is 1.56 bits per heavy atom. The predicted molar refractivity (Wildman–Crippen MR) is 72.6 cm³/mol. The molecule has 0 aliphatic rings. The summed E-state index contributed by atoms with van der Waals surface area (Å²) in [6.45, 7) is 4.20. The number of aromatic nitrogens is 2. The molecule has 0 aromatic carbocycles. The van der Waals surface area contributed by atoms with Crippen molar-refractivity contribution in [3.63, 3.8) is 0 Å². The number of thioether (sulfide) groups is 1. The second kappa shape index (κ2) is 6.30. The maximum absolute atomic E-state index is 5.82. The highest BCUT2D eigenvalue weighted by Gasteiger charge is 2.13. The van der Waals surface area contributed by atoms with Crippen LogP contribution in [0.5, 0.6) is 0 Å². The van der Waals surface area contributed by atoms with Gasteiger partial charge in [0.05, 0.1) is 0 Å². The lowest BCUT2D eigenvalue weighted by Crippen LogP contribution is -2.30. The second-order valence-corrected chi connectivity index (χ2v) is 5.21. The number of hydrogen-bond acceptors (Lipinski definition) is 4. The summed E-state index contributed by atoms with van der Waals surface area (Å²) in [7, 11) is 2.05. The average Bonchev–Trinajstić information content (AvgIpc) is 2.28. The van der Waals surface area contributed by atoms with Crippen LogP contribution in [0.15, 0.2) is 6.20 Å². The molecule has 0 saturated heterocycles. The molecule has 3 nitrogen and oxygen atoms in total. The summed E-state index contributed by atoms with van der Waals surface area (Å²) in [5, 5.41) is 0.310. The molecule has 1 aromatic heterocycles. The smallest absolute Gasteiger partial charge is 0.224 e. The van der Waals surface area contributed by atoms with Gasteiger partial charge in [0.15, 0.2) is 0 Å². The van der Waals surface area contributed by atoms with Crippen LogP contribution in [-0.4, -0.2) is 35.1 Å². The lowest BCUT2D eigenvalue weighted by Gasteiger charge is -2.27. The van der Waals surface area contributed by atoms with Crippen molar-refractivity contribution in [1.82, 2.24) is 9.97 Å². The second-order valence-electron chi connectivity index (χ2n) is 3.89. The molecule has 16 heavy (non-hydrogen) atoms. The van der Waals surface area contributed by atoms with E-state index in [9.17, 15) is 0 Å². The zero-order chi connectivity index (χ0) is 12.1. The minimum absolute atomic E-state index is 0.310. The molecular weight excluding hydrogens is 242 g/mol. The van der Waals surface area contributed by atoms with Gasteiger partial charge in [0, 0.05) is 24.8 Å². The van der Waals surface area contributed by atoms with Crippen LogP contribution in [0.3, 0.4) is 0 Å². The van der Waals surface area contributed by atoms with Gasteiger partial charge in [-0.1, -0.05) is 0 Å². The molecule has 0 N–H and O–H groups in total. The molecular formula is C11H18ClN3S. The van der Waals surface area contributed by atoms with Crippen molar-refractivity contribution in [2.75, 3.05) is 24.0 Å². The number of hydrogen-bond donors (Lipinski definition) is 0. The quantitative estimate of drug-likeness (QED) is 0.761. The molecule has 1 aromatic rings. The van der Waals surface area contributed by atoms with Gasteiger partial charge in [-0.2, -0.15) is 11.8 Å². The third-order valence-electron chi connectivity index (χ3n) is 2.65. The molecule has 0 bridgehead atoms. The third-order valence-corrected chi connectivity index (χ3v) is 3.48. The number of aryl methyl sites for hydroxylation is 1. The van der Waals surface area contributed by atoms with Crippen LogP contribution in [0.1, 0.15) is 18.9 Å². The first-order chi connectivity index (χ1) is 7.56. The van der Waals surface area contributed by atoms with Crippen LogP contribution in [-0.2, 0) is 0 Å². The Labute approximate surface area is 107 Å². The minimum Gasteiger partial charge on any atom is -0.357 e. The molecule has 0 aliphatic carbocycles. The number of nitrogens with zero attached hydrogens (tertiary/aromatic N) is 3. The van der Waals surface area contributed by atoms with E-state index < -0.39 is 0 Å². The first kappa shape index (κ1) is 13.6. The molecule has 0 amide bonds. The Hall–Kier alpha value is -0.480. The van der Waals surface area contributed by atoms with Crippen LogP contribution < -0.4 is 4.90 Å². The zero-order valence-electron chi connectivity index (χ0n) is 10.2.